The summed E-state index contributed by atoms with van der Waals surface area (Å²) in [7, 11) is -3.23. The first-order chi connectivity index (χ1) is 9.15. The lowest BCUT2D eigenvalue weighted by Crippen LogP contribution is -2.45. The van der Waals surface area contributed by atoms with Crippen LogP contribution in [-0.2, 0) is 10.2 Å². The van der Waals surface area contributed by atoms with E-state index in [4.69, 9.17) is 0 Å². The minimum Gasteiger partial charge on any atom is -0.316 e. The van der Waals surface area contributed by atoms with Crippen LogP contribution < -0.4 is 10.0 Å². The standard InChI is InChI=1S/C13H25N3O2S/c17-19(18,16-10-12-3-4-13(16)8-12)15-7-5-11-2-1-6-14-9-11/h11-15H,1-10H2. The highest BCUT2D eigenvalue weighted by atomic mass is 32.2. The Balaban J connectivity index is 1.46. The van der Waals surface area contributed by atoms with Crippen molar-refractivity contribution >= 4 is 10.2 Å². The molecule has 3 unspecified atom stereocenters. The maximum Gasteiger partial charge on any atom is 0.279 e. The van der Waals surface area contributed by atoms with Crippen LogP contribution in [0.15, 0.2) is 0 Å². The second kappa shape index (κ2) is 5.68. The molecule has 2 N–H and O–H groups in total. The number of hydrogen-bond donors (Lipinski definition) is 2. The summed E-state index contributed by atoms with van der Waals surface area (Å²) in [5, 5.41) is 3.37. The number of fused-ring (bicyclic) bond motifs is 2. The molecule has 3 rings (SSSR count). The molecule has 5 nitrogen and oxygen atoms in total. The molecule has 0 aromatic heterocycles. The summed E-state index contributed by atoms with van der Waals surface area (Å²) in [4.78, 5) is 0. The number of rotatable bonds is 5. The van der Waals surface area contributed by atoms with Crippen LogP contribution in [0.1, 0.15) is 38.5 Å². The van der Waals surface area contributed by atoms with Gasteiger partial charge in [-0.15, -0.1) is 0 Å². The van der Waals surface area contributed by atoms with Crippen molar-refractivity contribution in [3.8, 4) is 0 Å². The summed E-state index contributed by atoms with van der Waals surface area (Å²) in [6.45, 7) is 3.47. The SMILES string of the molecule is O=S(=O)(NCCC1CCCNC1)N1CC2CCC1C2. The molecule has 3 fully saturated rings. The van der Waals surface area contributed by atoms with Crippen LogP contribution >= 0.6 is 0 Å². The van der Waals surface area contributed by atoms with Crippen molar-refractivity contribution in [3.63, 3.8) is 0 Å². The van der Waals surface area contributed by atoms with Crippen molar-refractivity contribution in [2.75, 3.05) is 26.2 Å². The van der Waals surface area contributed by atoms with Crippen molar-refractivity contribution in [3.05, 3.63) is 0 Å². The maximum absolute atomic E-state index is 12.3. The molecule has 19 heavy (non-hydrogen) atoms. The minimum absolute atomic E-state index is 0.277. The van der Waals surface area contributed by atoms with Crippen molar-refractivity contribution in [1.29, 1.82) is 0 Å². The summed E-state index contributed by atoms with van der Waals surface area (Å²) >= 11 is 0. The average Bonchev–Trinajstić information content (AvgIpc) is 3.02. The molecular formula is C13H25N3O2S. The third-order valence-electron chi connectivity index (χ3n) is 4.90. The summed E-state index contributed by atoms with van der Waals surface area (Å²) < 4.78 is 29.0. The molecule has 110 valence electrons. The lowest BCUT2D eigenvalue weighted by Gasteiger charge is -2.27. The maximum atomic E-state index is 12.3. The van der Waals surface area contributed by atoms with Gasteiger partial charge in [-0.1, -0.05) is 0 Å². The van der Waals surface area contributed by atoms with Crippen LogP contribution in [-0.4, -0.2) is 44.9 Å². The lowest BCUT2D eigenvalue weighted by molar-refractivity contribution is 0.324. The summed E-state index contributed by atoms with van der Waals surface area (Å²) in [5.74, 6) is 1.25. The molecule has 0 spiro atoms. The molecule has 2 bridgehead atoms. The fourth-order valence-electron chi connectivity index (χ4n) is 3.82. The summed E-state index contributed by atoms with van der Waals surface area (Å²) in [5.41, 5.74) is 0. The monoisotopic (exact) mass is 287 g/mol. The second-order valence-corrected chi connectivity index (χ2v) is 8.01. The van der Waals surface area contributed by atoms with Gasteiger partial charge in [0.15, 0.2) is 0 Å². The summed E-state index contributed by atoms with van der Waals surface area (Å²) in [6, 6.07) is 0.277. The Morgan fingerprint density at radius 2 is 2.16 bits per heavy atom. The van der Waals surface area contributed by atoms with Gasteiger partial charge in [0.2, 0.25) is 0 Å². The van der Waals surface area contributed by atoms with Crippen molar-refractivity contribution in [2.45, 2.75) is 44.6 Å². The zero-order valence-electron chi connectivity index (χ0n) is 11.5. The molecule has 1 aliphatic carbocycles. The number of nitrogens with one attached hydrogen (secondary N) is 2. The molecule has 2 heterocycles. The molecular weight excluding hydrogens is 262 g/mol. The topological polar surface area (TPSA) is 61.4 Å². The van der Waals surface area contributed by atoms with E-state index in [1.807, 2.05) is 0 Å². The quantitative estimate of drug-likeness (QED) is 0.782. The average molecular weight is 287 g/mol. The zero-order chi connectivity index (χ0) is 13.3. The largest absolute Gasteiger partial charge is 0.316 e. The molecule has 0 aromatic carbocycles. The lowest BCUT2D eigenvalue weighted by atomic mass is 9.96. The van der Waals surface area contributed by atoms with Crippen molar-refractivity contribution in [2.24, 2.45) is 11.8 Å². The van der Waals surface area contributed by atoms with Gasteiger partial charge in [-0.25, -0.2) is 4.72 Å². The van der Waals surface area contributed by atoms with Gasteiger partial charge >= 0.3 is 0 Å². The van der Waals surface area contributed by atoms with Crippen molar-refractivity contribution < 1.29 is 8.42 Å². The Hall–Kier alpha value is -0.170. The van der Waals surface area contributed by atoms with E-state index in [0.29, 0.717) is 18.4 Å². The predicted octanol–water partition coefficient (Wildman–Crippen LogP) is 0.695. The molecule has 0 radical (unpaired) electrons. The Kier molecular flexibility index (Phi) is 4.12. The highest BCUT2D eigenvalue weighted by molar-refractivity contribution is 7.87. The van der Waals surface area contributed by atoms with E-state index in [2.05, 4.69) is 10.0 Å². The van der Waals surface area contributed by atoms with E-state index in [0.717, 1.165) is 38.9 Å². The van der Waals surface area contributed by atoms with Crippen molar-refractivity contribution in [1.82, 2.24) is 14.3 Å². The third-order valence-corrected chi connectivity index (χ3v) is 6.54. The van der Waals surface area contributed by atoms with Gasteiger partial charge in [0.05, 0.1) is 0 Å². The first-order valence-corrected chi connectivity index (χ1v) is 9.06. The Bertz CT molecular complexity index is 406. The minimum atomic E-state index is -3.23. The van der Waals surface area contributed by atoms with Crippen LogP contribution in [0.4, 0.5) is 0 Å². The fourth-order valence-corrected chi connectivity index (χ4v) is 5.35. The molecule has 6 heteroatoms. The molecule has 2 saturated heterocycles. The predicted molar refractivity (Wildman–Crippen MR) is 75.0 cm³/mol. The highest BCUT2D eigenvalue weighted by Crippen LogP contribution is 2.38. The zero-order valence-corrected chi connectivity index (χ0v) is 12.3. The fraction of sp³-hybridized carbons (Fsp3) is 1.00. The van der Waals surface area contributed by atoms with Gasteiger partial charge in [-0.05, 0) is 63.5 Å². The van der Waals surface area contributed by atoms with E-state index in [9.17, 15) is 8.42 Å². The molecule has 1 saturated carbocycles. The molecule has 2 aliphatic heterocycles. The second-order valence-electron chi connectivity index (χ2n) is 6.30. The Labute approximate surface area is 116 Å². The molecule has 3 atom stereocenters. The van der Waals surface area contributed by atoms with Crippen LogP contribution in [0.25, 0.3) is 0 Å². The highest BCUT2D eigenvalue weighted by Gasteiger charge is 2.43. The first-order valence-electron chi connectivity index (χ1n) is 7.62. The van der Waals surface area contributed by atoms with Crippen LogP contribution in [0.5, 0.6) is 0 Å². The van der Waals surface area contributed by atoms with E-state index in [-0.39, 0.29) is 6.04 Å². The van der Waals surface area contributed by atoms with Gasteiger partial charge in [0, 0.05) is 19.1 Å². The van der Waals surface area contributed by atoms with Crippen LogP contribution in [0, 0.1) is 11.8 Å². The van der Waals surface area contributed by atoms with Crippen LogP contribution in [0.2, 0.25) is 0 Å². The molecule has 3 aliphatic rings. The number of hydrogen-bond acceptors (Lipinski definition) is 3. The number of nitrogens with zero attached hydrogens (tertiary/aromatic N) is 1. The van der Waals surface area contributed by atoms with Gasteiger partial charge in [-0.2, -0.15) is 12.7 Å². The van der Waals surface area contributed by atoms with E-state index >= 15 is 0 Å². The van der Waals surface area contributed by atoms with Gasteiger partial charge in [0.25, 0.3) is 10.2 Å². The molecule has 0 amide bonds. The van der Waals surface area contributed by atoms with E-state index < -0.39 is 10.2 Å². The Morgan fingerprint density at radius 1 is 1.26 bits per heavy atom. The van der Waals surface area contributed by atoms with Gasteiger partial charge in [0.1, 0.15) is 0 Å². The third kappa shape index (κ3) is 3.12. The van der Waals surface area contributed by atoms with E-state index in [1.54, 1.807) is 4.31 Å². The molecule has 0 aromatic rings. The summed E-state index contributed by atoms with van der Waals surface area (Å²) in [6.07, 6.45) is 6.74. The van der Waals surface area contributed by atoms with E-state index in [1.165, 1.54) is 19.3 Å². The number of piperidine rings is 2. The van der Waals surface area contributed by atoms with Crippen LogP contribution in [0.3, 0.4) is 0 Å². The first kappa shape index (κ1) is 13.8. The Morgan fingerprint density at radius 3 is 2.79 bits per heavy atom. The van der Waals surface area contributed by atoms with Gasteiger partial charge < -0.3 is 5.32 Å². The smallest absolute Gasteiger partial charge is 0.279 e. The van der Waals surface area contributed by atoms with Gasteiger partial charge in [-0.3, -0.25) is 0 Å². The normalized spacial score (nSPS) is 35.9.